The summed E-state index contributed by atoms with van der Waals surface area (Å²) < 4.78 is 0. The number of imidazole rings is 1. The molecule has 0 saturated heterocycles. The molecule has 15 heteroatoms. The topological polar surface area (TPSA) is 232 Å². The quantitative estimate of drug-likeness (QED) is 0.105. The summed E-state index contributed by atoms with van der Waals surface area (Å²) in [6, 6.07) is 2.47. The monoisotopic (exact) mass is 573 g/mol. The highest BCUT2D eigenvalue weighted by molar-refractivity contribution is 7.80. The molecule has 0 aliphatic rings. The number of aromatic amines is 2. The molecular weight excluding hydrogens is 542 g/mol. The number of nitrogens with two attached hydrogens (primary N) is 1. The van der Waals surface area contributed by atoms with Crippen LogP contribution in [0, 0.1) is 0 Å². The Morgan fingerprint density at radius 3 is 2.25 bits per heavy atom. The third kappa shape index (κ3) is 8.31. The minimum Gasteiger partial charge on any atom is -0.481 e. The Morgan fingerprint density at radius 2 is 1.60 bits per heavy atom. The summed E-state index contributed by atoms with van der Waals surface area (Å²) in [4.78, 5) is 71.5. The number of amides is 3. The Morgan fingerprint density at radius 1 is 0.925 bits per heavy atom. The number of carboxylic acids is 2. The molecule has 40 heavy (non-hydrogen) atoms. The first-order valence-electron chi connectivity index (χ1n) is 12.3. The predicted molar refractivity (Wildman–Crippen MR) is 146 cm³/mol. The highest BCUT2D eigenvalue weighted by atomic mass is 32.1. The predicted octanol–water partition coefficient (Wildman–Crippen LogP) is -0.663. The fourth-order valence-corrected chi connectivity index (χ4v) is 4.25. The molecule has 9 N–H and O–H groups in total. The second kappa shape index (κ2) is 14.1. The van der Waals surface area contributed by atoms with E-state index in [0.29, 0.717) is 5.69 Å². The fourth-order valence-electron chi connectivity index (χ4n) is 4.00. The largest absolute Gasteiger partial charge is 0.481 e. The Balaban J connectivity index is 1.74. The van der Waals surface area contributed by atoms with Gasteiger partial charge in [0.1, 0.15) is 18.1 Å². The van der Waals surface area contributed by atoms with Crippen LogP contribution >= 0.6 is 12.6 Å². The van der Waals surface area contributed by atoms with E-state index in [1.54, 1.807) is 6.20 Å². The summed E-state index contributed by atoms with van der Waals surface area (Å²) in [5.74, 6) is -5.05. The summed E-state index contributed by atoms with van der Waals surface area (Å²) in [6.45, 7) is 0. The zero-order chi connectivity index (χ0) is 29.2. The molecule has 4 unspecified atom stereocenters. The van der Waals surface area contributed by atoms with Crippen molar-refractivity contribution in [2.24, 2.45) is 5.73 Å². The van der Waals surface area contributed by atoms with Crippen LogP contribution in [0.15, 0.2) is 43.0 Å². The second-order valence-electron chi connectivity index (χ2n) is 9.09. The maximum atomic E-state index is 13.2. The normalized spacial score (nSPS) is 14.1. The number of fused-ring (bicyclic) bond motifs is 1. The van der Waals surface area contributed by atoms with Gasteiger partial charge in [-0.3, -0.25) is 19.2 Å². The first-order chi connectivity index (χ1) is 19.1. The number of rotatable bonds is 15. The van der Waals surface area contributed by atoms with Gasteiger partial charge in [0.2, 0.25) is 17.7 Å². The van der Waals surface area contributed by atoms with Crippen molar-refractivity contribution < 1.29 is 34.2 Å². The molecule has 4 atom stereocenters. The van der Waals surface area contributed by atoms with Crippen molar-refractivity contribution in [2.45, 2.75) is 49.9 Å². The van der Waals surface area contributed by atoms with E-state index in [1.807, 2.05) is 24.3 Å². The molecule has 3 rings (SSSR count). The van der Waals surface area contributed by atoms with Crippen molar-refractivity contribution in [1.82, 2.24) is 30.9 Å². The molecule has 3 amide bonds. The zero-order valence-corrected chi connectivity index (χ0v) is 22.2. The summed E-state index contributed by atoms with van der Waals surface area (Å²) in [5.41, 5.74) is 8.25. The van der Waals surface area contributed by atoms with Crippen molar-refractivity contribution in [1.29, 1.82) is 0 Å². The van der Waals surface area contributed by atoms with Crippen LogP contribution in [0.1, 0.15) is 24.1 Å². The number of carboxylic acid groups (broad SMARTS) is 2. The third-order valence-electron chi connectivity index (χ3n) is 6.14. The summed E-state index contributed by atoms with van der Waals surface area (Å²) in [5, 5.41) is 26.6. The second-order valence-corrected chi connectivity index (χ2v) is 9.45. The molecule has 2 aromatic heterocycles. The molecule has 0 aliphatic carbocycles. The summed E-state index contributed by atoms with van der Waals surface area (Å²) in [7, 11) is 0. The van der Waals surface area contributed by atoms with Gasteiger partial charge in [0, 0.05) is 47.6 Å². The van der Waals surface area contributed by atoms with Crippen molar-refractivity contribution in [3.05, 3.63) is 54.2 Å². The number of para-hydroxylation sites is 1. The number of benzene rings is 1. The van der Waals surface area contributed by atoms with Crippen LogP contribution in [0.2, 0.25) is 0 Å². The van der Waals surface area contributed by atoms with Gasteiger partial charge in [0.05, 0.1) is 12.4 Å². The van der Waals surface area contributed by atoms with Gasteiger partial charge in [-0.05, 0) is 24.5 Å². The van der Waals surface area contributed by atoms with Gasteiger partial charge in [-0.1, -0.05) is 18.2 Å². The number of nitrogens with one attached hydrogen (secondary N) is 5. The van der Waals surface area contributed by atoms with Crippen LogP contribution in [0.3, 0.4) is 0 Å². The minimum absolute atomic E-state index is 0.0871. The number of hydrogen-bond donors (Lipinski definition) is 9. The maximum Gasteiger partial charge on any atom is 0.327 e. The molecule has 0 radical (unpaired) electrons. The summed E-state index contributed by atoms with van der Waals surface area (Å²) >= 11 is 3.93. The van der Waals surface area contributed by atoms with E-state index in [4.69, 9.17) is 10.8 Å². The average molecular weight is 574 g/mol. The first-order valence-corrected chi connectivity index (χ1v) is 13.0. The van der Waals surface area contributed by atoms with Crippen molar-refractivity contribution in [3.63, 3.8) is 0 Å². The summed E-state index contributed by atoms with van der Waals surface area (Å²) in [6.07, 6.45) is 3.86. The van der Waals surface area contributed by atoms with Gasteiger partial charge in [0.25, 0.3) is 0 Å². The van der Waals surface area contributed by atoms with Crippen LogP contribution < -0.4 is 21.7 Å². The van der Waals surface area contributed by atoms with Gasteiger partial charge in [-0.25, -0.2) is 9.78 Å². The smallest absolute Gasteiger partial charge is 0.327 e. The van der Waals surface area contributed by atoms with Gasteiger partial charge in [-0.15, -0.1) is 0 Å². The standard InChI is InChI=1S/C25H31N7O7S/c26-16(7-13-9-28-17-4-2-1-3-15(13)17)22(35)30-18(5-6-21(33)34)23(36)31-19(8-14-10-27-12-29-14)24(37)32-20(11-40)25(38)39/h1-4,9-10,12,16,18-20,28,40H,5-8,11,26H2,(H,27,29)(H,30,35)(H,31,36)(H,32,37)(H,33,34)(H,38,39). The van der Waals surface area contributed by atoms with Crippen LogP contribution in [0.25, 0.3) is 10.9 Å². The molecule has 14 nitrogen and oxygen atoms in total. The number of carbonyl (C=O) groups is 5. The van der Waals surface area contributed by atoms with E-state index in [0.717, 1.165) is 16.5 Å². The lowest BCUT2D eigenvalue weighted by atomic mass is 10.0. The van der Waals surface area contributed by atoms with E-state index in [-0.39, 0.29) is 25.0 Å². The molecule has 1 aromatic carbocycles. The molecule has 0 saturated carbocycles. The van der Waals surface area contributed by atoms with E-state index in [1.165, 1.54) is 12.5 Å². The first kappa shape index (κ1) is 30.2. The highest BCUT2D eigenvalue weighted by Crippen LogP contribution is 2.19. The lowest BCUT2D eigenvalue weighted by Crippen LogP contribution is -2.58. The van der Waals surface area contributed by atoms with Crippen LogP contribution in [0.4, 0.5) is 0 Å². The van der Waals surface area contributed by atoms with Gasteiger partial charge in [-0.2, -0.15) is 12.6 Å². The van der Waals surface area contributed by atoms with E-state index in [9.17, 15) is 29.1 Å². The molecule has 2 heterocycles. The molecule has 3 aromatic rings. The zero-order valence-electron chi connectivity index (χ0n) is 21.3. The minimum atomic E-state index is -1.34. The van der Waals surface area contributed by atoms with Crippen LogP contribution in [-0.4, -0.2) is 84.7 Å². The Labute approximate surface area is 233 Å². The van der Waals surface area contributed by atoms with E-state index in [2.05, 4.69) is 43.5 Å². The Hall–Kier alpha value is -4.37. The van der Waals surface area contributed by atoms with Crippen LogP contribution in [-0.2, 0) is 36.8 Å². The highest BCUT2D eigenvalue weighted by Gasteiger charge is 2.31. The number of thiol groups is 1. The average Bonchev–Trinajstić information content (AvgIpc) is 3.58. The Bertz CT molecular complexity index is 1340. The Kier molecular flexibility index (Phi) is 10.7. The van der Waals surface area contributed by atoms with Gasteiger partial charge in [0.15, 0.2) is 0 Å². The van der Waals surface area contributed by atoms with Crippen molar-refractivity contribution in [2.75, 3.05) is 5.75 Å². The lowest BCUT2D eigenvalue weighted by Gasteiger charge is -2.24. The molecule has 214 valence electrons. The fraction of sp³-hybridized carbons (Fsp3) is 0.360. The molecule has 0 spiro atoms. The lowest BCUT2D eigenvalue weighted by molar-refractivity contribution is -0.141. The van der Waals surface area contributed by atoms with Gasteiger partial charge < -0.3 is 41.9 Å². The number of aromatic nitrogens is 3. The number of hydrogen-bond acceptors (Lipinski definition) is 8. The maximum absolute atomic E-state index is 13.2. The molecule has 0 bridgehead atoms. The van der Waals surface area contributed by atoms with Crippen LogP contribution in [0.5, 0.6) is 0 Å². The molecule has 0 aliphatic heterocycles. The van der Waals surface area contributed by atoms with E-state index < -0.39 is 60.2 Å². The molecular formula is C25H31N7O7S. The number of aliphatic carboxylic acids is 2. The van der Waals surface area contributed by atoms with E-state index >= 15 is 0 Å². The number of H-pyrrole nitrogens is 2. The third-order valence-corrected chi connectivity index (χ3v) is 6.51. The number of carbonyl (C=O) groups excluding carboxylic acids is 3. The molecule has 0 fully saturated rings. The van der Waals surface area contributed by atoms with Gasteiger partial charge >= 0.3 is 11.9 Å². The number of nitrogens with zero attached hydrogens (tertiary/aromatic N) is 1. The SMILES string of the molecule is NC(Cc1c[nH]c2ccccc12)C(=O)NC(CCC(=O)O)C(=O)NC(Cc1cnc[nH]1)C(=O)NC(CS)C(=O)O. The van der Waals surface area contributed by atoms with Crippen molar-refractivity contribution >= 4 is 53.2 Å². The van der Waals surface area contributed by atoms with Crippen molar-refractivity contribution in [3.8, 4) is 0 Å².